The van der Waals surface area contributed by atoms with Gasteiger partial charge in [0, 0.05) is 6.54 Å². The van der Waals surface area contributed by atoms with Crippen molar-refractivity contribution < 1.29 is 23.8 Å². The number of nitrogens with one attached hydrogen (secondary N) is 1. The second kappa shape index (κ2) is 11.3. The molecule has 7 heteroatoms. The van der Waals surface area contributed by atoms with Gasteiger partial charge in [0.15, 0.2) is 18.1 Å². The van der Waals surface area contributed by atoms with Crippen LogP contribution in [0.4, 0.5) is 0 Å². The fourth-order valence-electron chi connectivity index (χ4n) is 2.48. The number of benzene rings is 2. The van der Waals surface area contributed by atoms with Crippen molar-refractivity contribution in [2.24, 2.45) is 5.92 Å². The molecule has 0 fully saturated rings. The van der Waals surface area contributed by atoms with Crippen molar-refractivity contribution in [3.63, 3.8) is 0 Å². The highest BCUT2D eigenvalue weighted by molar-refractivity contribution is 6.32. The van der Waals surface area contributed by atoms with Crippen LogP contribution in [0.25, 0.3) is 0 Å². The SMILES string of the molecule is COc1cc(C(=O)OCC(=O)NCCc2ccccc2)cc(Cl)c1OCC(C)C. The Morgan fingerprint density at radius 3 is 2.52 bits per heavy atom. The summed E-state index contributed by atoms with van der Waals surface area (Å²) in [7, 11) is 1.46. The maximum Gasteiger partial charge on any atom is 0.338 e. The number of methoxy groups -OCH3 is 1. The number of halogens is 1. The molecule has 156 valence electrons. The second-order valence-electron chi connectivity index (χ2n) is 6.86. The molecule has 2 aromatic carbocycles. The van der Waals surface area contributed by atoms with E-state index in [0.29, 0.717) is 37.0 Å². The molecule has 1 N–H and O–H groups in total. The number of rotatable bonds is 10. The van der Waals surface area contributed by atoms with Gasteiger partial charge in [-0.15, -0.1) is 0 Å². The van der Waals surface area contributed by atoms with Crippen molar-refractivity contribution in [2.45, 2.75) is 20.3 Å². The Balaban J connectivity index is 1.87. The minimum atomic E-state index is -0.668. The smallest absolute Gasteiger partial charge is 0.338 e. The molecule has 0 spiro atoms. The highest BCUT2D eigenvalue weighted by Gasteiger charge is 2.18. The van der Waals surface area contributed by atoms with E-state index in [4.69, 9.17) is 25.8 Å². The summed E-state index contributed by atoms with van der Waals surface area (Å²) in [6, 6.07) is 12.7. The van der Waals surface area contributed by atoms with Crippen LogP contribution in [0.1, 0.15) is 29.8 Å². The van der Waals surface area contributed by atoms with Crippen LogP contribution < -0.4 is 14.8 Å². The van der Waals surface area contributed by atoms with E-state index in [1.807, 2.05) is 44.2 Å². The summed E-state index contributed by atoms with van der Waals surface area (Å²) in [5.41, 5.74) is 1.30. The van der Waals surface area contributed by atoms with Gasteiger partial charge in [0.05, 0.1) is 24.3 Å². The molecular weight excluding hydrogens is 394 g/mol. The molecule has 0 aliphatic heterocycles. The molecule has 0 heterocycles. The van der Waals surface area contributed by atoms with Gasteiger partial charge in [-0.2, -0.15) is 0 Å². The molecule has 0 bridgehead atoms. The molecule has 29 heavy (non-hydrogen) atoms. The summed E-state index contributed by atoms with van der Waals surface area (Å²) >= 11 is 6.24. The topological polar surface area (TPSA) is 73.9 Å². The maximum atomic E-state index is 12.3. The molecule has 0 aromatic heterocycles. The van der Waals surface area contributed by atoms with E-state index in [1.54, 1.807) is 0 Å². The first-order valence-corrected chi connectivity index (χ1v) is 9.76. The van der Waals surface area contributed by atoms with Gasteiger partial charge in [0.1, 0.15) is 0 Å². The Morgan fingerprint density at radius 2 is 1.86 bits per heavy atom. The molecular formula is C22H26ClNO5. The van der Waals surface area contributed by atoms with Gasteiger partial charge >= 0.3 is 5.97 Å². The zero-order valence-electron chi connectivity index (χ0n) is 16.9. The molecule has 0 aliphatic carbocycles. The van der Waals surface area contributed by atoms with Crippen LogP contribution in [0.3, 0.4) is 0 Å². The van der Waals surface area contributed by atoms with Crippen LogP contribution in [0.5, 0.6) is 11.5 Å². The fourth-order valence-corrected chi connectivity index (χ4v) is 2.75. The quantitative estimate of drug-likeness (QED) is 0.591. The summed E-state index contributed by atoms with van der Waals surface area (Å²) in [6.07, 6.45) is 0.700. The summed E-state index contributed by atoms with van der Waals surface area (Å²) in [5.74, 6) is -0.0284. The lowest BCUT2D eigenvalue weighted by Crippen LogP contribution is -2.30. The van der Waals surface area contributed by atoms with Gasteiger partial charge in [0.25, 0.3) is 5.91 Å². The summed E-state index contributed by atoms with van der Waals surface area (Å²) in [4.78, 5) is 24.2. The van der Waals surface area contributed by atoms with Crippen molar-refractivity contribution in [2.75, 3.05) is 26.9 Å². The lowest BCUT2D eigenvalue weighted by Gasteiger charge is -2.15. The van der Waals surface area contributed by atoms with Gasteiger partial charge in [-0.05, 0) is 30.0 Å². The van der Waals surface area contributed by atoms with E-state index in [0.717, 1.165) is 5.56 Å². The normalized spacial score (nSPS) is 10.5. The van der Waals surface area contributed by atoms with Gasteiger partial charge in [-0.1, -0.05) is 55.8 Å². The van der Waals surface area contributed by atoms with E-state index in [9.17, 15) is 9.59 Å². The Morgan fingerprint density at radius 1 is 1.14 bits per heavy atom. The van der Waals surface area contributed by atoms with Crippen LogP contribution in [0.15, 0.2) is 42.5 Å². The van der Waals surface area contributed by atoms with Crippen LogP contribution in [0.2, 0.25) is 5.02 Å². The molecule has 2 rings (SSSR count). The Bertz CT molecular complexity index is 823. The number of esters is 1. The van der Waals surface area contributed by atoms with E-state index in [-0.39, 0.29) is 23.1 Å². The van der Waals surface area contributed by atoms with Crippen LogP contribution in [-0.2, 0) is 16.0 Å². The highest BCUT2D eigenvalue weighted by Crippen LogP contribution is 2.36. The molecule has 0 saturated heterocycles. The monoisotopic (exact) mass is 419 g/mol. The van der Waals surface area contributed by atoms with Crippen molar-refractivity contribution in [1.29, 1.82) is 0 Å². The number of hydrogen-bond acceptors (Lipinski definition) is 5. The molecule has 0 radical (unpaired) electrons. The Labute approximate surface area is 176 Å². The molecule has 0 unspecified atom stereocenters. The molecule has 6 nitrogen and oxygen atoms in total. The molecule has 0 atom stereocenters. The first kappa shape index (κ1) is 22.6. The minimum absolute atomic E-state index is 0.181. The third-order valence-corrected chi connectivity index (χ3v) is 4.22. The third-order valence-electron chi connectivity index (χ3n) is 3.94. The number of carbonyl (C=O) groups is 2. The Kier molecular flexibility index (Phi) is 8.80. The summed E-state index contributed by atoms with van der Waals surface area (Å²) in [5, 5.41) is 2.96. The first-order chi connectivity index (χ1) is 13.9. The minimum Gasteiger partial charge on any atom is -0.493 e. The van der Waals surface area contributed by atoms with E-state index in [1.165, 1.54) is 19.2 Å². The van der Waals surface area contributed by atoms with Crippen molar-refractivity contribution in [1.82, 2.24) is 5.32 Å². The number of carbonyl (C=O) groups excluding carboxylic acids is 2. The first-order valence-electron chi connectivity index (χ1n) is 9.38. The van der Waals surface area contributed by atoms with Gasteiger partial charge in [-0.25, -0.2) is 4.79 Å². The highest BCUT2D eigenvalue weighted by atomic mass is 35.5. The predicted octanol–water partition coefficient (Wildman–Crippen LogP) is 3.90. The zero-order valence-corrected chi connectivity index (χ0v) is 17.6. The largest absolute Gasteiger partial charge is 0.493 e. The maximum absolute atomic E-state index is 12.3. The molecule has 0 aliphatic rings. The third kappa shape index (κ3) is 7.31. The Hall–Kier alpha value is -2.73. The van der Waals surface area contributed by atoms with Gasteiger partial charge < -0.3 is 19.5 Å². The zero-order chi connectivity index (χ0) is 21.2. The van der Waals surface area contributed by atoms with Crippen molar-refractivity contribution >= 4 is 23.5 Å². The number of amides is 1. The van der Waals surface area contributed by atoms with Crippen molar-refractivity contribution in [3.05, 3.63) is 58.6 Å². The van der Waals surface area contributed by atoms with Gasteiger partial charge in [-0.3, -0.25) is 4.79 Å². The number of hydrogen-bond donors (Lipinski definition) is 1. The van der Waals surface area contributed by atoms with Crippen molar-refractivity contribution in [3.8, 4) is 11.5 Å². The lowest BCUT2D eigenvalue weighted by atomic mass is 10.1. The van der Waals surface area contributed by atoms with Crippen LogP contribution in [-0.4, -0.2) is 38.7 Å². The van der Waals surface area contributed by atoms with Gasteiger partial charge in [0.2, 0.25) is 0 Å². The standard InChI is InChI=1S/C22H26ClNO5/c1-15(2)13-28-21-18(23)11-17(12-19(21)27-3)22(26)29-14-20(25)24-10-9-16-7-5-4-6-8-16/h4-8,11-12,15H,9-10,13-14H2,1-3H3,(H,24,25). The average Bonchev–Trinajstić information content (AvgIpc) is 2.71. The number of ether oxygens (including phenoxy) is 3. The van der Waals surface area contributed by atoms with E-state index < -0.39 is 5.97 Å². The van der Waals surface area contributed by atoms with Crippen LogP contribution >= 0.6 is 11.6 Å². The van der Waals surface area contributed by atoms with E-state index in [2.05, 4.69) is 5.32 Å². The molecule has 1 amide bonds. The lowest BCUT2D eigenvalue weighted by molar-refractivity contribution is -0.124. The van der Waals surface area contributed by atoms with Crippen LogP contribution in [0, 0.1) is 5.92 Å². The van der Waals surface area contributed by atoms with E-state index >= 15 is 0 Å². The fraction of sp³-hybridized carbons (Fsp3) is 0.364. The summed E-state index contributed by atoms with van der Waals surface area (Å²) < 4.78 is 16.0. The molecule has 0 saturated carbocycles. The molecule has 2 aromatic rings. The average molecular weight is 420 g/mol. The predicted molar refractivity (Wildman–Crippen MR) is 112 cm³/mol. The summed E-state index contributed by atoms with van der Waals surface area (Å²) in [6.45, 7) is 4.57. The second-order valence-corrected chi connectivity index (χ2v) is 7.26.